The van der Waals surface area contributed by atoms with E-state index in [1.807, 2.05) is 13.8 Å². The molecule has 2 rings (SSSR count). The Hall–Kier alpha value is -1.48. The van der Waals surface area contributed by atoms with Crippen LogP contribution in [0.15, 0.2) is 23.1 Å². The number of imidazole rings is 1. The summed E-state index contributed by atoms with van der Waals surface area (Å²) in [6, 6.07) is 4.88. The first kappa shape index (κ1) is 14.9. The first-order chi connectivity index (χ1) is 9.52. The predicted octanol–water partition coefficient (Wildman–Crippen LogP) is 0.557. The van der Waals surface area contributed by atoms with Crippen molar-refractivity contribution in [2.24, 2.45) is 5.84 Å². The summed E-state index contributed by atoms with van der Waals surface area (Å²) in [4.78, 5) is 7.62. The number of benzene rings is 1. The lowest BCUT2D eigenvalue weighted by Crippen LogP contribution is -2.30. The van der Waals surface area contributed by atoms with Crippen LogP contribution in [-0.2, 0) is 16.6 Å². The Balaban J connectivity index is 2.45. The number of aromatic amines is 1. The van der Waals surface area contributed by atoms with Gasteiger partial charge in [0.2, 0.25) is 10.0 Å². The lowest BCUT2D eigenvalue weighted by molar-refractivity contribution is 0.445. The van der Waals surface area contributed by atoms with Gasteiger partial charge in [-0.05, 0) is 18.2 Å². The highest BCUT2D eigenvalue weighted by atomic mass is 32.2. The molecule has 110 valence electrons. The SMILES string of the molecule is CCN(CC)S(=O)(=O)c1ccc2nc(CNN)[nH]c2c1. The molecule has 1 heterocycles. The topological polar surface area (TPSA) is 104 Å². The van der Waals surface area contributed by atoms with Crippen LogP contribution in [0.5, 0.6) is 0 Å². The number of sulfonamides is 1. The van der Waals surface area contributed by atoms with Crippen molar-refractivity contribution in [1.29, 1.82) is 0 Å². The van der Waals surface area contributed by atoms with Crippen LogP contribution in [0.2, 0.25) is 0 Å². The maximum atomic E-state index is 12.4. The van der Waals surface area contributed by atoms with E-state index in [4.69, 9.17) is 5.84 Å². The van der Waals surface area contributed by atoms with Gasteiger partial charge in [-0.2, -0.15) is 4.31 Å². The van der Waals surface area contributed by atoms with Gasteiger partial charge in [0, 0.05) is 13.1 Å². The summed E-state index contributed by atoms with van der Waals surface area (Å²) in [5.74, 6) is 5.91. The Kier molecular flexibility index (Phi) is 4.39. The third-order valence-corrected chi connectivity index (χ3v) is 5.16. The molecule has 0 atom stereocenters. The molecule has 8 heteroatoms. The van der Waals surface area contributed by atoms with Gasteiger partial charge in [-0.25, -0.2) is 13.4 Å². The Morgan fingerprint density at radius 1 is 1.35 bits per heavy atom. The van der Waals surface area contributed by atoms with E-state index in [9.17, 15) is 8.42 Å². The van der Waals surface area contributed by atoms with E-state index in [2.05, 4.69) is 15.4 Å². The zero-order valence-electron chi connectivity index (χ0n) is 11.5. The van der Waals surface area contributed by atoms with Crippen molar-refractivity contribution in [3.63, 3.8) is 0 Å². The third kappa shape index (κ3) is 2.68. The van der Waals surface area contributed by atoms with Crippen molar-refractivity contribution >= 4 is 21.1 Å². The van der Waals surface area contributed by atoms with Gasteiger partial charge in [0.25, 0.3) is 0 Å². The minimum Gasteiger partial charge on any atom is -0.341 e. The molecule has 0 spiro atoms. The average molecular weight is 297 g/mol. The number of nitrogens with one attached hydrogen (secondary N) is 2. The summed E-state index contributed by atoms with van der Waals surface area (Å²) in [7, 11) is -3.45. The van der Waals surface area contributed by atoms with Crippen LogP contribution >= 0.6 is 0 Å². The van der Waals surface area contributed by atoms with Gasteiger partial charge in [0.05, 0.1) is 22.5 Å². The molecule has 0 radical (unpaired) electrons. The van der Waals surface area contributed by atoms with E-state index in [1.54, 1.807) is 18.2 Å². The van der Waals surface area contributed by atoms with Gasteiger partial charge in [-0.15, -0.1) is 0 Å². The van der Waals surface area contributed by atoms with Gasteiger partial charge >= 0.3 is 0 Å². The second kappa shape index (κ2) is 5.88. The van der Waals surface area contributed by atoms with Gasteiger partial charge < -0.3 is 4.98 Å². The Labute approximate surface area is 118 Å². The van der Waals surface area contributed by atoms with E-state index >= 15 is 0 Å². The predicted molar refractivity (Wildman–Crippen MR) is 77.2 cm³/mol. The van der Waals surface area contributed by atoms with E-state index in [-0.39, 0.29) is 4.90 Å². The molecule has 0 unspecified atom stereocenters. The minimum atomic E-state index is -3.45. The second-order valence-corrected chi connectivity index (χ2v) is 6.27. The quantitative estimate of drug-likeness (QED) is 0.534. The fraction of sp³-hybridized carbons (Fsp3) is 0.417. The van der Waals surface area contributed by atoms with Crippen molar-refractivity contribution in [2.75, 3.05) is 13.1 Å². The van der Waals surface area contributed by atoms with Crippen LogP contribution in [-0.4, -0.2) is 35.8 Å². The van der Waals surface area contributed by atoms with Gasteiger partial charge in [0.15, 0.2) is 0 Å². The maximum absolute atomic E-state index is 12.4. The fourth-order valence-electron chi connectivity index (χ4n) is 2.10. The van der Waals surface area contributed by atoms with Crippen molar-refractivity contribution in [3.8, 4) is 0 Å². The number of hydrazine groups is 1. The lowest BCUT2D eigenvalue weighted by Gasteiger charge is -2.18. The highest BCUT2D eigenvalue weighted by Gasteiger charge is 2.22. The molecule has 7 nitrogen and oxygen atoms in total. The average Bonchev–Trinajstić information content (AvgIpc) is 2.81. The van der Waals surface area contributed by atoms with E-state index in [1.165, 1.54) is 4.31 Å². The zero-order valence-corrected chi connectivity index (χ0v) is 12.4. The van der Waals surface area contributed by atoms with Crippen LogP contribution in [0.4, 0.5) is 0 Å². The molecule has 0 saturated carbocycles. The van der Waals surface area contributed by atoms with Gasteiger partial charge in [-0.3, -0.25) is 11.3 Å². The standard InChI is InChI=1S/C12H19N5O2S/c1-3-17(4-2)20(18,19)9-5-6-10-11(7-9)16-12(15-10)8-14-13/h5-7,14H,3-4,8,13H2,1-2H3,(H,15,16). The third-order valence-electron chi connectivity index (χ3n) is 3.12. The lowest BCUT2D eigenvalue weighted by atomic mass is 10.3. The summed E-state index contributed by atoms with van der Waals surface area (Å²) in [5, 5.41) is 0. The highest BCUT2D eigenvalue weighted by Crippen LogP contribution is 2.20. The van der Waals surface area contributed by atoms with Crippen LogP contribution in [0.1, 0.15) is 19.7 Å². The molecule has 20 heavy (non-hydrogen) atoms. The van der Waals surface area contributed by atoms with E-state index < -0.39 is 10.0 Å². The molecule has 0 fully saturated rings. The van der Waals surface area contributed by atoms with E-state index in [0.717, 1.165) is 0 Å². The van der Waals surface area contributed by atoms with Crippen LogP contribution < -0.4 is 11.3 Å². The monoisotopic (exact) mass is 297 g/mol. The zero-order chi connectivity index (χ0) is 14.8. The molecule has 1 aromatic heterocycles. The molecule has 0 amide bonds. The fourth-order valence-corrected chi connectivity index (χ4v) is 3.58. The molecule has 2 aromatic rings. The summed E-state index contributed by atoms with van der Waals surface area (Å²) in [6.45, 7) is 4.93. The molecule has 0 aliphatic heterocycles. The maximum Gasteiger partial charge on any atom is 0.243 e. The largest absolute Gasteiger partial charge is 0.341 e. The van der Waals surface area contributed by atoms with Crippen molar-refractivity contribution in [3.05, 3.63) is 24.0 Å². The molecule has 0 saturated heterocycles. The molecule has 1 aromatic carbocycles. The van der Waals surface area contributed by atoms with E-state index in [0.29, 0.717) is 36.5 Å². The van der Waals surface area contributed by atoms with Gasteiger partial charge in [-0.1, -0.05) is 13.8 Å². The van der Waals surface area contributed by atoms with Crippen molar-refractivity contribution in [1.82, 2.24) is 19.7 Å². The number of hydrogen-bond acceptors (Lipinski definition) is 5. The smallest absolute Gasteiger partial charge is 0.243 e. The van der Waals surface area contributed by atoms with Crippen molar-refractivity contribution < 1.29 is 8.42 Å². The van der Waals surface area contributed by atoms with Gasteiger partial charge in [0.1, 0.15) is 5.82 Å². The Morgan fingerprint density at radius 3 is 2.65 bits per heavy atom. The highest BCUT2D eigenvalue weighted by molar-refractivity contribution is 7.89. The summed E-state index contributed by atoms with van der Waals surface area (Å²) < 4.78 is 26.3. The molecular formula is C12H19N5O2S. The number of aromatic nitrogens is 2. The molecule has 0 bridgehead atoms. The molecular weight excluding hydrogens is 278 g/mol. The number of fused-ring (bicyclic) bond motifs is 1. The van der Waals surface area contributed by atoms with Crippen LogP contribution in [0.3, 0.4) is 0 Å². The molecule has 4 N–H and O–H groups in total. The summed E-state index contributed by atoms with van der Waals surface area (Å²) in [6.07, 6.45) is 0. The first-order valence-corrected chi connectivity index (χ1v) is 7.89. The number of rotatable bonds is 6. The first-order valence-electron chi connectivity index (χ1n) is 6.45. The number of nitrogens with two attached hydrogens (primary N) is 1. The second-order valence-electron chi connectivity index (χ2n) is 4.33. The van der Waals surface area contributed by atoms with Crippen LogP contribution in [0, 0.1) is 0 Å². The summed E-state index contributed by atoms with van der Waals surface area (Å²) >= 11 is 0. The number of nitrogens with zero attached hydrogens (tertiary/aromatic N) is 2. The molecule has 0 aliphatic carbocycles. The summed E-state index contributed by atoms with van der Waals surface area (Å²) in [5.41, 5.74) is 3.91. The normalized spacial score (nSPS) is 12.4. The number of hydrogen-bond donors (Lipinski definition) is 3. The van der Waals surface area contributed by atoms with Crippen molar-refractivity contribution in [2.45, 2.75) is 25.3 Å². The Morgan fingerprint density at radius 2 is 2.05 bits per heavy atom. The number of H-pyrrole nitrogens is 1. The van der Waals surface area contributed by atoms with Crippen LogP contribution in [0.25, 0.3) is 11.0 Å². The minimum absolute atomic E-state index is 0.268. The molecule has 0 aliphatic rings. The Bertz CT molecular complexity index is 691.